The summed E-state index contributed by atoms with van der Waals surface area (Å²) in [5.74, 6) is 3.11. The molecule has 1 amide bonds. The second-order valence-electron chi connectivity index (χ2n) is 3.46. The van der Waals surface area contributed by atoms with Gasteiger partial charge in [0.05, 0.1) is 25.9 Å². The largest absolute Gasteiger partial charge is 0.494 e. The molecule has 1 aliphatic rings. The maximum absolute atomic E-state index is 11.5. The summed E-state index contributed by atoms with van der Waals surface area (Å²) in [7, 11) is 1.57. The second-order valence-corrected chi connectivity index (χ2v) is 3.46. The van der Waals surface area contributed by atoms with Crippen LogP contribution in [-0.4, -0.2) is 26.1 Å². The fourth-order valence-corrected chi connectivity index (χ4v) is 1.77. The molecule has 0 saturated heterocycles. The van der Waals surface area contributed by atoms with Crippen molar-refractivity contribution >= 4 is 17.3 Å². The van der Waals surface area contributed by atoms with Crippen molar-refractivity contribution in [3.05, 3.63) is 18.2 Å². The first kappa shape index (κ1) is 10.4. The molecule has 4 heteroatoms. The number of rotatable bonds is 2. The fourth-order valence-electron chi connectivity index (χ4n) is 1.77. The lowest BCUT2D eigenvalue weighted by Gasteiger charge is -2.30. The number of anilines is 2. The van der Waals surface area contributed by atoms with E-state index in [-0.39, 0.29) is 12.5 Å². The zero-order valence-electron chi connectivity index (χ0n) is 8.99. The van der Waals surface area contributed by atoms with Crippen LogP contribution >= 0.6 is 0 Å². The number of nitrogens with zero attached hydrogens (tertiary/aromatic N) is 1. The first-order valence-corrected chi connectivity index (χ1v) is 4.91. The normalized spacial score (nSPS) is 13.8. The van der Waals surface area contributed by atoms with Crippen LogP contribution in [-0.2, 0) is 4.79 Å². The lowest BCUT2D eigenvalue weighted by molar-refractivity contribution is -0.115. The van der Waals surface area contributed by atoms with Crippen LogP contribution in [0.3, 0.4) is 0 Å². The number of hydrogen-bond donors (Lipinski definition) is 1. The van der Waals surface area contributed by atoms with Gasteiger partial charge in [0.2, 0.25) is 5.91 Å². The molecule has 1 aromatic rings. The average molecular weight is 216 g/mol. The second kappa shape index (κ2) is 4.15. The SMILES string of the molecule is C#CCN1CC(=O)Nc2c(OC)cccc21. The third kappa shape index (κ3) is 1.68. The molecule has 2 rings (SSSR count). The molecule has 1 aliphatic heterocycles. The van der Waals surface area contributed by atoms with Gasteiger partial charge in [0.1, 0.15) is 11.4 Å². The Hall–Kier alpha value is -2.15. The number of methoxy groups -OCH3 is 1. The first-order chi connectivity index (χ1) is 7.76. The molecule has 0 unspecified atom stereocenters. The molecule has 16 heavy (non-hydrogen) atoms. The monoisotopic (exact) mass is 216 g/mol. The van der Waals surface area contributed by atoms with E-state index in [4.69, 9.17) is 11.2 Å². The van der Waals surface area contributed by atoms with Gasteiger partial charge in [-0.3, -0.25) is 4.79 Å². The molecule has 1 N–H and O–H groups in total. The van der Waals surface area contributed by atoms with E-state index in [0.717, 1.165) is 5.69 Å². The van der Waals surface area contributed by atoms with Crippen LogP contribution in [0.5, 0.6) is 5.75 Å². The smallest absolute Gasteiger partial charge is 0.244 e. The molecule has 0 atom stereocenters. The van der Waals surface area contributed by atoms with Crippen molar-refractivity contribution in [2.75, 3.05) is 30.4 Å². The summed E-state index contributed by atoms with van der Waals surface area (Å²) in [6.45, 7) is 0.692. The van der Waals surface area contributed by atoms with Gasteiger partial charge in [-0.1, -0.05) is 12.0 Å². The number of terminal acetylenes is 1. The average Bonchev–Trinajstić information content (AvgIpc) is 2.28. The van der Waals surface area contributed by atoms with Crippen molar-refractivity contribution in [2.45, 2.75) is 0 Å². The number of carbonyl (C=O) groups is 1. The Morgan fingerprint density at radius 2 is 2.44 bits per heavy atom. The molecule has 0 saturated carbocycles. The minimum Gasteiger partial charge on any atom is -0.494 e. The van der Waals surface area contributed by atoms with Crippen molar-refractivity contribution < 1.29 is 9.53 Å². The number of para-hydroxylation sites is 1. The van der Waals surface area contributed by atoms with Crippen LogP contribution in [0.2, 0.25) is 0 Å². The van der Waals surface area contributed by atoms with Gasteiger partial charge in [-0.2, -0.15) is 0 Å². The zero-order chi connectivity index (χ0) is 11.5. The van der Waals surface area contributed by atoms with Gasteiger partial charge in [-0.05, 0) is 12.1 Å². The zero-order valence-corrected chi connectivity index (χ0v) is 8.99. The maximum Gasteiger partial charge on any atom is 0.244 e. The standard InChI is InChI=1S/C12H12N2O2/c1-3-7-14-8-11(15)13-12-9(14)5-4-6-10(12)16-2/h1,4-6H,7-8H2,2H3,(H,13,15). The molecular weight excluding hydrogens is 204 g/mol. The van der Waals surface area contributed by atoms with Gasteiger partial charge in [0.25, 0.3) is 0 Å². The topological polar surface area (TPSA) is 41.6 Å². The molecule has 1 heterocycles. The Morgan fingerprint density at radius 3 is 3.12 bits per heavy atom. The van der Waals surface area contributed by atoms with Crippen LogP contribution in [0.1, 0.15) is 0 Å². The summed E-state index contributed by atoms with van der Waals surface area (Å²) in [5.41, 5.74) is 1.59. The van der Waals surface area contributed by atoms with Crippen LogP contribution in [0.15, 0.2) is 18.2 Å². The summed E-state index contributed by atoms with van der Waals surface area (Å²) in [6, 6.07) is 5.59. The molecule has 0 fully saturated rings. The molecule has 0 spiro atoms. The van der Waals surface area contributed by atoms with Gasteiger partial charge >= 0.3 is 0 Å². The van der Waals surface area contributed by atoms with E-state index in [1.165, 1.54) is 0 Å². The van der Waals surface area contributed by atoms with Gasteiger partial charge < -0.3 is 15.0 Å². The summed E-state index contributed by atoms with van der Waals surface area (Å²) < 4.78 is 5.19. The number of nitrogens with one attached hydrogen (secondary N) is 1. The summed E-state index contributed by atoms with van der Waals surface area (Å²) in [4.78, 5) is 13.3. The number of amides is 1. The lowest BCUT2D eigenvalue weighted by atomic mass is 10.1. The summed E-state index contributed by atoms with van der Waals surface area (Å²) in [5, 5.41) is 2.79. The highest BCUT2D eigenvalue weighted by atomic mass is 16.5. The molecule has 4 nitrogen and oxygen atoms in total. The summed E-state index contributed by atoms with van der Waals surface area (Å²) >= 11 is 0. The maximum atomic E-state index is 11.5. The molecular formula is C12H12N2O2. The van der Waals surface area contributed by atoms with Crippen LogP contribution < -0.4 is 15.0 Å². The van der Waals surface area contributed by atoms with Gasteiger partial charge in [-0.15, -0.1) is 6.42 Å². The number of fused-ring (bicyclic) bond motifs is 1. The van der Waals surface area contributed by atoms with Crippen LogP contribution in [0.25, 0.3) is 0 Å². The molecule has 0 aromatic heterocycles. The molecule has 82 valence electrons. The van der Waals surface area contributed by atoms with Gasteiger partial charge in [0.15, 0.2) is 0 Å². The van der Waals surface area contributed by atoms with E-state index in [1.54, 1.807) is 13.2 Å². The minimum absolute atomic E-state index is 0.0766. The summed E-state index contributed by atoms with van der Waals surface area (Å²) in [6.07, 6.45) is 5.28. The Bertz CT molecular complexity index is 463. The highest BCUT2D eigenvalue weighted by molar-refractivity contribution is 6.03. The van der Waals surface area contributed by atoms with Crippen molar-refractivity contribution in [2.24, 2.45) is 0 Å². The van der Waals surface area contributed by atoms with Crippen LogP contribution in [0, 0.1) is 12.3 Å². The van der Waals surface area contributed by atoms with E-state index in [9.17, 15) is 4.79 Å². The minimum atomic E-state index is -0.0766. The number of benzene rings is 1. The third-order valence-corrected chi connectivity index (χ3v) is 2.45. The highest BCUT2D eigenvalue weighted by Crippen LogP contribution is 2.36. The Labute approximate surface area is 94.2 Å². The van der Waals surface area contributed by atoms with E-state index < -0.39 is 0 Å². The molecule has 0 aliphatic carbocycles. The third-order valence-electron chi connectivity index (χ3n) is 2.45. The fraction of sp³-hybridized carbons (Fsp3) is 0.250. The van der Waals surface area contributed by atoms with Crippen molar-refractivity contribution in [3.8, 4) is 18.1 Å². The van der Waals surface area contributed by atoms with Crippen molar-refractivity contribution in [1.29, 1.82) is 0 Å². The Balaban J connectivity index is 2.47. The predicted molar refractivity (Wildman–Crippen MR) is 62.7 cm³/mol. The lowest BCUT2D eigenvalue weighted by Crippen LogP contribution is -2.38. The Morgan fingerprint density at radius 1 is 1.62 bits per heavy atom. The Kier molecular flexibility index (Phi) is 2.69. The van der Waals surface area contributed by atoms with Crippen molar-refractivity contribution in [3.63, 3.8) is 0 Å². The highest BCUT2D eigenvalue weighted by Gasteiger charge is 2.23. The number of carbonyl (C=O) groups excluding carboxylic acids is 1. The van der Waals surface area contributed by atoms with Crippen LogP contribution in [0.4, 0.5) is 11.4 Å². The van der Waals surface area contributed by atoms with Gasteiger partial charge in [-0.25, -0.2) is 0 Å². The quantitative estimate of drug-likeness (QED) is 0.752. The predicted octanol–water partition coefficient (Wildman–Crippen LogP) is 1.09. The van der Waals surface area contributed by atoms with Gasteiger partial charge in [0, 0.05) is 0 Å². The van der Waals surface area contributed by atoms with E-state index in [0.29, 0.717) is 18.0 Å². The number of ether oxygens (including phenoxy) is 1. The van der Waals surface area contributed by atoms with E-state index in [1.807, 2.05) is 17.0 Å². The van der Waals surface area contributed by atoms with E-state index >= 15 is 0 Å². The number of hydrogen-bond acceptors (Lipinski definition) is 3. The first-order valence-electron chi connectivity index (χ1n) is 4.91. The molecule has 0 radical (unpaired) electrons. The van der Waals surface area contributed by atoms with E-state index in [2.05, 4.69) is 11.2 Å². The molecule has 0 bridgehead atoms. The molecule has 1 aromatic carbocycles. The van der Waals surface area contributed by atoms with Crippen molar-refractivity contribution in [1.82, 2.24) is 0 Å².